The van der Waals surface area contributed by atoms with E-state index in [1.54, 1.807) is 18.2 Å². The molecule has 2 heterocycles. The van der Waals surface area contributed by atoms with Gasteiger partial charge >= 0.3 is 6.18 Å². The Hall–Kier alpha value is -1.47. The van der Waals surface area contributed by atoms with Crippen LogP contribution in [0.2, 0.25) is 0 Å². The number of fused-ring (bicyclic) bond motifs is 1. The van der Waals surface area contributed by atoms with Crippen LogP contribution in [0.3, 0.4) is 0 Å². The number of aromatic nitrogens is 1. The van der Waals surface area contributed by atoms with Gasteiger partial charge in [-0.2, -0.15) is 13.2 Å². The number of anilines is 1. The molecule has 0 N–H and O–H groups in total. The number of hydrogen-bond acceptors (Lipinski definition) is 5. The van der Waals surface area contributed by atoms with Crippen molar-refractivity contribution in [2.75, 3.05) is 44.3 Å². The van der Waals surface area contributed by atoms with Gasteiger partial charge in [0.05, 0.1) is 34.6 Å². The number of carbonyl (C=O) groups is 1. The highest BCUT2D eigenvalue weighted by Crippen LogP contribution is 2.38. The van der Waals surface area contributed by atoms with E-state index in [1.165, 1.54) is 11.0 Å². The van der Waals surface area contributed by atoms with Crippen LogP contribution in [-0.4, -0.2) is 55.2 Å². The summed E-state index contributed by atoms with van der Waals surface area (Å²) in [5.41, 5.74) is -0.393. The summed E-state index contributed by atoms with van der Waals surface area (Å²) in [5, 5.41) is 0.281. The number of nitrogens with zero attached hydrogens (tertiary/aromatic N) is 3. The molecule has 1 fully saturated rings. The fraction of sp³-hybridized carbons (Fsp3) is 0.364. The van der Waals surface area contributed by atoms with Gasteiger partial charge in [-0.15, -0.1) is 12.4 Å². The lowest BCUT2D eigenvalue weighted by molar-refractivity contribution is -0.136. The zero-order chi connectivity index (χ0) is 22.7. The van der Waals surface area contributed by atoms with Gasteiger partial charge in [-0.3, -0.25) is 14.6 Å². The van der Waals surface area contributed by atoms with E-state index in [0.717, 1.165) is 40.6 Å². The van der Waals surface area contributed by atoms with Gasteiger partial charge in [0, 0.05) is 29.7 Å². The van der Waals surface area contributed by atoms with Crippen LogP contribution in [0, 0.1) is 3.57 Å². The van der Waals surface area contributed by atoms with Crippen molar-refractivity contribution in [3.63, 3.8) is 0 Å². The van der Waals surface area contributed by atoms with E-state index in [0.29, 0.717) is 36.4 Å². The highest BCUT2D eigenvalue weighted by molar-refractivity contribution is 14.1. The van der Waals surface area contributed by atoms with Crippen molar-refractivity contribution >= 4 is 67.6 Å². The van der Waals surface area contributed by atoms with E-state index in [-0.39, 0.29) is 29.0 Å². The minimum absolute atomic E-state index is 0. The number of amides is 1. The molecule has 178 valence electrons. The Morgan fingerprint density at radius 1 is 1.15 bits per heavy atom. The van der Waals surface area contributed by atoms with E-state index in [4.69, 9.17) is 4.74 Å². The molecule has 0 spiro atoms. The summed E-state index contributed by atoms with van der Waals surface area (Å²) < 4.78 is 47.0. The molecular formula is C22H22ClF3IN3O2S. The van der Waals surface area contributed by atoms with Crippen molar-refractivity contribution in [1.82, 2.24) is 9.88 Å². The molecule has 3 aromatic rings. The van der Waals surface area contributed by atoms with Crippen molar-refractivity contribution in [2.45, 2.75) is 12.6 Å². The number of alkyl halides is 3. The molecule has 1 saturated heterocycles. The largest absolute Gasteiger partial charge is 0.418 e. The number of thiazole rings is 1. The van der Waals surface area contributed by atoms with Crippen LogP contribution in [0.5, 0.6) is 0 Å². The molecular weight excluding hydrogens is 590 g/mol. The third-order valence-corrected chi connectivity index (χ3v) is 7.24. The molecule has 0 saturated carbocycles. The van der Waals surface area contributed by atoms with E-state index in [9.17, 15) is 18.0 Å². The van der Waals surface area contributed by atoms with Crippen LogP contribution in [-0.2, 0) is 10.9 Å². The Morgan fingerprint density at radius 2 is 1.88 bits per heavy atom. The first kappa shape index (κ1) is 26.1. The summed E-state index contributed by atoms with van der Waals surface area (Å²) in [4.78, 5) is 21.5. The van der Waals surface area contributed by atoms with Gasteiger partial charge in [0.25, 0.3) is 5.91 Å². The summed E-state index contributed by atoms with van der Waals surface area (Å²) in [6.45, 7) is 4.17. The van der Waals surface area contributed by atoms with Gasteiger partial charge in [0.15, 0.2) is 5.13 Å². The molecule has 0 aliphatic carbocycles. The van der Waals surface area contributed by atoms with Gasteiger partial charge < -0.3 is 4.74 Å². The Bertz CT molecular complexity index is 1110. The number of benzene rings is 2. The molecule has 11 heteroatoms. The molecule has 0 radical (unpaired) electrons. The summed E-state index contributed by atoms with van der Waals surface area (Å²) in [6, 6.07) is 11.2. The van der Waals surface area contributed by atoms with Crippen LogP contribution < -0.4 is 4.90 Å². The first-order chi connectivity index (χ1) is 15.3. The Balaban J connectivity index is 0.00000306. The number of halogens is 5. The second-order valence-corrected chi connectivity index (χ2v) is 9.56. The maximum absolute atomic E-state index is 13.5. The average Bonchev–Trinajstić information content (AvgIpc) is 3.20. The first-order valence-corrected chi connectivity index (χ1v) is 12.1. The quantitative estimate of drug-likeness (QED) is 0.335. The predicted molar refractivity (Wildman–Crippen MR) is 135 cm³/mol. The van der Waals surface area contributed by atoms with Gasteiger partial charge in [-0.25, -0.2) is 4.98 Å². The standard InChI is InChI=1S/C22H21F3IN3O2S.ClH/c23-22(24,25)16-6-3-8-18-19(16)27-21(32-18)29(10-4-9-28-11-13-31-14-12-28)20(30)15-5-1-2-7-17(15)26;/h1-3,5-8H,4,9-14H2;1H. The zero-order valence-corrected chi connectivity index (χ0v) is 21.3. The predicted octanol–water partition coefficient (Wildman–Crippen LogP) is 5.71. The highest BCUT2D eigenvalue weighted by Gasteiger charge is 2.34. The smallest absolute Gasteiger partial charge is 0.379 e. The van der Waals surface area contributed by atoms with E-state index < -0.39 is 11.7 Å². The summed E-state index contributed by atoms with van der Waals surface area (Å²) in [7, 11) is 0. The third-order valence-electron chi connectivity index (χ3n) is 5.25. The van der Waals surface area contributed by atoms with Crippen LogP contribution in [0.25, 0.3) is 10.2 Å². The molecule has 4 rings (SSSR count). The third kappa shape index (κ3) is 6.16. The minimum Gasteiger partial charge on any atom is -0.379 e. The molecule has 1 aliphatic heterocycles. The van der Waals surface area contributed by atoms with Crippen molar-refractivity contribution in [2.24, 2.45) is 0 Å². The second kappa shape index (κ2) is 11.3. The topological polar surface area (TPSA) is 45.7 Å². The lowest BCUT2D eigenvalue weighted by atomic mass is 10.2. The van der Waals surface area contributed by atoms with Crippen LogP contribution >= 0.6 is 46.3 Å². The summed E-state index contributed by atoms with van der Waals surface area (Å²) in [5.74, 6) is -0.260. The molecule has 0 atom stereocenters. The summed E-state index contributed by atoms with van der Waals surface area (Å²) in [6.07, 6.45) is -3.83. The zero-order valence-electron chi connectivity index (χ0n) is 17.5. The van der Waals surface area contributed by atoms with Crippen molar-refractivity contribution < 1.29 is 22.7 Å². The minimum atomic E-state index is -4.51. The second-order valence-electron chi connectivity index (χ2n) is 7.39. The van der Waals surface area contributed by atoms with E-state index in [1.807, 2.05) is 12.1 Å². The Labute approximate surface area is 213 Å². The van der Waals surface area contributed by atoms with Crippen LogP contribution in [0.4, 0.5) is 18.3 Å². The van der Waals surface area contributed by atoms with Gasteiger partial charge in [-0.1, -0.05) is 29.5 Å². The maximum atomic E-state index is 13.5. The molecule has 0 unspecified atom stereocenters. The average molecular weight is 612 g/mol. The first-order valence-electron chi connectivity index (χ1n) is 10.2. The molecule has 1 aromatic heterocycles. The van der Waals surface area contributed by atoms with Crippen molar-refractivity contribution in [1.29, 1.82) is 0 Å². The Kier molecular flexibility index (Phi) is 8.95. The molecule has 1 aliphatic rings. The van der Waals surface area contributed by atoms with Crippen molar-refractivity contribution in [3.05, 3.63) is 57.2 Å². The lowest BCUT2D eigenvalue weighted by Crippen LogP contribution is -2.39. The molecule has 33 heavy (non-hydrogen) atoms. The normalized spacial score (nSPS) is 14.8. The maximum Gasteiger partial charge on any atom is 0.418 e. The number of hydrogen-bond donors (Lipinski definition) is 0. The SMILES string of the molecule is Cl.O=C(c1ccccc1I)N(CCCN1CCOCC1)c1nc2c(C(F)(F)F)cccc2s1. The molecule has 1 amide bonds. The van der Waals surface area contributed by atoms with E-state index in [2.05, 4.69) is 32.5 Å². The number of rotatable bonds is 6. The number of ether oxygens (including phenoxy) is 1. The van der Waals surface area contributed by atoms with Gasteiger partial charge in [0.2, 0.25) is 0 Å². The Morgan fingerprint density at radius 3 is 2.58 bits per heavy atom. The number of morpholine rings is 1. The van der Waals surface area contributed by atoms with Crippen LogP contribution in [0.1, 0.15) is 22.3 Å². The lowest BCUT2D eigenvalue weighted by Gasteiger charge is -2.27. The monoisotopic (exact) mass is 611 g/mol. The van der Waals surface area contributed by atoms with Gasteiger partial charge in [-0.05, 0) is 53.3 Å². The highest BCUT2D eigenvalue weighted by atomic mass is 127. The molecule has 0 bridgehead atoms. The number of para-hydroxylation sites is 1. The fourth-order valence-corrected chi connectivity index (χ4v) is 5.26. The van der Waals surface area contributed by atoms with E-state index >= 15 is 0 Å². The van der Waals surface area contributed by atoms with Gasteiger partial charge in [0.1, 0.15) is 0 Å². The summed E-state index contributed by atoms with van der Waals surface area (Å²) >= 11 is 3.20. The molecule has 5 nitrogen and oxygen atoms in total. The van der Waals surface area contributed by atoms with Crippen LogP contribution in [0.15, 0.2) is 42.5 Å². The number of carbonyl (C=O) groups excluding carboxylic acids is 1. The fourth-order valence-electron chi connectivity index (χ4n) is 3.62. The molecule has 2 aromatic carbocycles. The van der Waals surface area contributed by atoms with Crippen molar-refractivity contribution in [3.8, 4) is 0 Å².